The van der Waals surface area contributed by atoms with Gasteiger partial charge in [-0.15, -0.1) is 0 Å². The van der Waals surface area contributed by atoms with Crippen molar-refractivity contribution < 1.29 is 16.8 Å². The van der Waals surface area contributed by atoms with Crippen LogP contribution in [0.5, 0.6) is 0 Å². The summed E-state index contributed by atoms with van der Waals surface area (Å²) in [5.74, 6) is 0. The van der Waals surface area contributed by atoms with Gasteiger partial charge in [0.15, 0.2) is 0 Å². The molecule has 2 heterocycles. The van der Waals surface area contributed by atoms with Crippen molar-refractivity contribution in [2.45, 2.75) is 0 Å². The normalized spacial score (nSPS) is 22.6. The van der Waals surface area contributed by atoms with Gasteiger partial charge in [-0.2, -0.15) is 4.31 Å². The van der Waals surface area contributed by atoms with Gasteiger partial charge in [-0.25, -0.2) is 22.0 Å². The molecule has 0 radical (unpaired) electrons. The van der Waals surface area contributed by atoms with Crippen LogP contribution in [0.15, 0.2) is 22.6 Å². The minimum Gasteiger partial charge on any atom is -0.292 e. The molecule has 0 saturated carbocycles. The minimum atomic E-state index is -3.57. The van der Waals surface area contributed by atoms with Crippen LogP contribution in [0.2, 0.25) is 0 Å². The average molecular weight is 307 g/mol. The smallest absolute Gasteiger partial charge is 0.230 e. The number of hydrogen-bond donors (Lipinski definition) is 1. The maximum Gasteiger partial charge on any atom is 0.230 e. The molecule has 9 heteroatoms. The molecular weight excluding hydrogens is 290 g/mol. The van der Waals surface area contributed by atoms with E-state index in [9.17, 15) is 16.8 Å². The van der Waals surface area contributed by atoms with Crippen molar-refractivity contribution in [3.05, 3.63) is 22.6 Å². The van der Waals surface area contributed by atoms with Crippen LogP contribution >= 0.6 is 0 Å². The molecule has 0 aromatic carbocycles. The Morgan fingerprint density at radius 2 is 1.63 bits per heavy atom. The molecule has 0 fully saturated rings. The van der Waals surface area contributed by atoms with Crippen molar-refractivity contribution in [2.24, 2.45) is 5.14 Å². The quantitative estimate of drug-likeness (QED) is 0.649. The van der Waals surface area contributed by atoms with Crippen molar-refractivity contribution in [2.75, 3.05) is 39.0 Å². The zero-order valence-corrected chi connectivity index (χ0v) is 12.2. The van der Waals surface area contributed by atoms with Gasteiger partial charge in [0.05, 0.1) is 6.26 Å². The van der Waals surface area contributed by atoms with Crippen LogP contribution in [-0.2, 0) is 20.0 Å². The highest BCUT2D eigenvalue weighted by atomic mass is 32.2. The Hall–Kier alpha value is -0.740. The Morgan fingerprint density at radius 3 is 2.05 bits per heavy atom. The Bertz CT molecular complexity index is 616. The van der Waals surface area contributed by atoms with E-state index in [0.29, 0.717) is 32.7 Å². The number of sulfonamides is 2. The van der Waals surface area contributed by atoms with Crippen LogP contribution in [-0.4, -0.2) is 65.0 Å². The van der Waals surface area contributed by atoms with E-state index < -0.39 is 20.0 Å². The molecule has 0 unspecified atom stereocenters. The lowest BCUT2D eigenvalue weighted by Crippen LogP contribution is -2.33. The van der Waals surface area contributed by atoms with Crippen molar-refractivity contribution in [1.29, 1.82) is 0 Å². The molecule has 0 aliphatic carbocycles. The summed E-state index contributed by atoms with van der Waals surface area (Å²) in [6, 6.07) is 0. The number of nitrogens with two attached hydrogens (primary N) is 1. The van der Waals surface area contributed by atoms with E-state index in [4.69, 9.17) is 5.14 Å². The van der Waals surface area contributed by atoms with E-state index in [1.165, 1.54) is 16.6 Å². The summed E-state index contributed by atoms with van der Waals surface area (Å²) in [4.78, 5) is 2.05. The molecule has 0 atom stereocenters. The fraction of sp³-hybridized carbons (Fsp3) is 0.600. The van der Waals surface area contributed by atoms with Gasteiger partial charge in [0.1, 0.15) is 0 Å². The van der Waals surface area contributed by atoms with Crippen LogP contribution in [0.3, 0.4) is 0 Å². The Labute approximate surface area is 113 Å². The summed E-state index contributed by atoms with van der Waals surface area (Å²) in [5, 5.41) is 5.85. The molecule has 2 N–H and O–H groups in total. The van der Waals surface area contributed by atoms with E-state index in [2.05, 4.69) is 0 Å². The second-order valence-corrected chi connectivity index (χ2v) is 8.30. The number of primary sulfonamides is 1. The fourth-order valence-corrected chi connectivity index (χ4v) is 3.45. The molecule has 0 bridgehead atoms. The Morgan fingerprint density at radius 1 is 1.11 bits per heavy atom. The predicted molar refractivity (Wildman–Crippen MR) is 72.1 cm³/mol. The highest BCUT2D eigenvalue weighted by molar-refractivity contribution is 7.92. The zero-order valence-electron chi connectivity index (χ0n) is 10.6. The second-order valence-electron chi connectivity index (χ2n) is 4.87. The largest absolute Gasteiger partial charge is 0.292 e. The molecule has 0 amide bonds. The monoisotopic (exact) mass is 307 g/mol. The molecule has 2 aliphatic heterocycles. The molecule has 19 heavy (non-hydrogen) atoms. The summed E-state index contributed by atoms with van der Waals surface area (Å²) < 4.78 is 45.8. The van der Waals surface area contributed by atoms with Gasteiger partial charge >= 0.3 is 0 Å². The minimum absolute atomic E-state index is 0.448. The molecule has 0 aromatic rings. The number of rotatable bonds is 4. The Balaban J connectivity index is 1.88. The van der Waals surface area contributed by atoms with Crippen LogP contribution in [0, 0.1) is 0 Å². The van der Waals surface area contributed by atoms with Crippen LogP contribution in [0.25, 0.3) is 0 Å². The molecule has 7 nitrogen and oxygen atoms in total. The SMILES string of the molecule is CS(=O)(=O)N1CC2=C(CN(CC=CS(N)(=O)=O)C2)C1. The summed E-state index contributed by atoms with van der Waals surface area (Å²) >= 11 is 0. The molecule has 0 aromatic heterocycles. The highest BCUT2D eigenvalue weighted by Crippen LogP contribution is 2.26. The van der Waals surface area contributed by atoms with Crippen LogP contribution < -0.4 is 5.14 Å². The molecular formula is C10H17N3O4S2. The third-order valence-corrected chi connectivity index (χ3v) is 4.95. The summed E-state index contributed by atoms with van der Waals surface area (Å²) in [5.41, 5.74) is 2.24. The topological polar surface area (TPSA) is 101 Å². The average Bonchev–Trinajstić information content (AvgIpc) is 2.71. The lowest BCUT2D eigenvalue weighted by Gasteiger charge is -2.20. The van der Waals surface area contributed by atoms with Gasteiger partial charge in [0.2, 0.25) is 20.0 Å². The molecule has 2 rings (SSSR count). The maximum atomic E-state index is 11.4. The van der Waals surface area contributed by atoms with Crippen molar-refractivity contribution >= 4 is 20.0 Å². The predicted octanol–water partition coefficient (Wildman–Crippen LogP) is -1.32. The summed E-state index contributed by atoms with van der Waals surface area (Å²) in [7, 11) is -6.71. The zero-order chi connectivity index (χ0) is 14.3. The summed E-state index contributed by atoms with van der Waals surface area (Å²) in [6.07, 6.45) is 2.72. The fourth-order valence-electron chi connectivity index (χ4n) is 2.31. The standard InChI is InChI=1S/C10H17N3O4S2/c1-18(14,15)13-7-9-5-12(6-10(9)8-13)3-2-4-19(11,16)17/h2,4H,3,5-8H2,1H3,(H2,11,16,17). The van der Waals surface area contributed by atoms with E-state index in [1.54, 1.807) is 0 Å². The molecule has 0 saturated heterocycles. The van der Waals surface area contributed by atoms with Gasteiger partial charge in [0.25, 0.3) is 0 Å². The first-order chi connectivity index (χ1) is 8.65. The number of hydrogen-bond acceptors (Lipinski definition) is 5. The highest BCUT2D eigenvalue weighted by Gasteiger charge is 2.33. The number of nitrogens with zero attached hydrogens (tertiary/aromatic N) is 2. The van der Waals surface area contributed by atoms with Gasteiger partial charge in [-0.05, 0) is 11.1 Å². The molecule has 108 valence electrons. The van der Waals surface area contributed by atoms with Gasteiger partial charge < -0.3 is 0 Å². The summed E-state index contributed by atoms with van der Waals surface area (Å²) in [6.45, 7) is 2.74. The third-order valence-electron chi connectivity index (χ3n) is 3.18. The van der Waals surface area contributed by atoms with E-state index in [-0.39, 0.29) is 0 Å². The second kappa shape index (κ2) is 4.98. The third kappa shape index (κ3) is 3.86. The van der Waals surface area contributed by atoms with Gasteiger partial charge in [0, 0.05) is 38.1 Å². The lowest BCUT2D eigenvalue weighted by atomic mass is 10.2. The van der Waals surface area contributed by atoms with Gasteiger partial charge in [-0.3, -0.25) is 4.90 Å². The van der Waals surface area contributed by atoms with E-state index >= 15 is 0 Å². The first-order valence-electron chi connectivity index (χ1n) is 5.72. The first-order valence-corrected chi connectivity index (χ1v) is 9.17. The van der Waals surface area contributed by atoms with Crippen LogP contribution in [0.1, 0.15) is 0 Å². The lowest BCUT2D eigenvalue weighted by molar-refractivity contribution is 0.359. The van der Waals surface area contributed by atoms with E-state index in [0.717, 1.165) is 16.6 Å². The Kier molecular flexibility index (Phi) is 3.85. The molecule has 2 aliphatic rings. The molecule has 0 spiro atoms. The van der Waals surface area contributed by atoms with Crippen LogP contribution in [0.4, 0.5) is 0 Å². The van der Waals surface area contributed by atoms with Crippen molar-refractivity contribution in [3.63, 3.8) is 0 Å². The van der Waals surface area contributed by atoms with Gasteiger partial charge in [-0.1, -0.05) is 6.08 Å². The maximum absolute atomic E-state index is 11.4. The van der Waals surface area contributed by atoms with Crippen molar-refractivity contribution in [1.82, 2.24) is 9.21 Å². The first kappa shape index (κ1) is 14.7. The van der Waals surface area contributed by atoms with E-state index in [1.807, 2.05) is 4.90 Å². The van der Waals surface area contributed by atoms with Crippen molar-refractivity contribution in [3.8, 4) is 0 Å².